The molecule has 13 heteroatoms. The van der Waals surface area contributed by atoms with Crippen molar-refractivity contribution >= 4 is 32.4 Å². The highest BCUT2D eigenvalue weighted by molar-refractivity contribution is 6.68. The summed E-state index contributed by atoms with van der Waals surface area (Å²) in [6.07, 6.45) is 0. The first-order chi connectivity index (χ1) is 11.8. The van der Waals surface area contributed by atoms with Crippen LogP contribution in [0.15, 0.2) is 18.2 Å². The van der Waals surface area contributed by atoms with Crippen LogP contribution in [0.2, 0.25) is 0 Å². The lowest BCUT2D eigenvalue weighted by atomic mass is 10.3. The molecule has 0 saturated carbocycles. The zero-order valence-corrected chi connectivity index (χ0v) is 14.5. The first-order valence-electron chi connectivity index (χ1n) is 6.70. The van der Waals surface area contributed by atoms with Gasteiger partial charge < -0.3 is 13.3 Å². The zero-order valence-electron chi connectivity index (χ0n) is 13.5. The fraction of sp³-hybridized carbons (Fsp3) is 0.308. The maximum absolute atomic E-state index is 14.7. The topological polar surface area (TPSA) is 82.1 Å². The second-order valence-corrected chi connectivity index (χ2v) is 7.06. The van der Waals surface area contributed by atoms with Gasteiger partial charge in [-0.1, -0.05) is 10.5 Å². The predicted octanol–water partition coefficient (Wildman–Crippen LogP) is 2.42. The van der Waals surface area contributed by atoms with Gasteiger partial charge >= 0.3 is 14.5 Å². The molecular weight excluding hydrogens is 389 g/mol. The van der Waals surface area contributed by atoms with E-state index >= 15 is 0 Å². The predicted molar refractivity (Wildman–Crippen MR) is 75.9 cm³/mol. The Labute approximate surface area is 144 Å². The SMILES string of the molecule is CC(=O)O[Si](OC(C)=O)(OC(C)=O)C(F)(F)N(F)c1cccc(F)c1F. The summed E-state index contributed by atoms with van der Waals surface area (Å²) in [6, 6.07) is 1.67. The Bertz CT molecular complexity index is 690. The molecular formula is C13H12F5NO6Si. The first kappa shape index (κ1) is 21.3. The molecule has 1 rings (SSSR count). The molecule has 0 unspecified atom stereocenters. The van der Waals surface area contributed by atoms with E-state index in [0.717, 1.165) is 0 Å². The van der Waals surface area contributed by atoms with E-state index in [2.05, 4.69) is 13.3 Å². The Morgan fingerprint density at radius 1 is 0.962 bits per heavy atom. The molecule has 0 bridgehead atoms. The molecule has 0 heterocycles. The third kappa shape index (κ3) is 4.28. The number of anilines is 1. The van der Waals surface area contributed by atoms with E-state index in [1.807, 2.05) is 0 Å². The van der Waals surface area contributed by atoms with E-state index in [9.17, 15) is 36.4 Å². The van der Waals surface area contributed by atoms with E-state index in [-0.39, 0.29) is 0 Å². The van der Waals surface area contributed by atoms with Crippen molar-refractivity contribution in [2.75, 3.05) is 5.12 Å². The molecule has 0 aliphatic rings. The van der Waals surface area contributed by atoms with Gasteiger partial charge in [0.1, 0.15) is 5.69 Å². The Hall–Kier alpha value is -2.70. The van der Waals surface area contributed by atoms with E-state index in [0.29, 0.717) is 39.0 Å². The third-order valence-corrected chi connectivity index (χ3v) is 5.19. The van der Waals surface area contributed by atoms with Gasteiger partial charge in [-0.3, -0.25) is 14.4 Å². The van der Waals surface area contributed by atoms with Crippen molar-refractivity contribution in [2.24, 2.45) is 0 Å². The molecule has 0 fully saturated rings. The minimum Gasteiger partial charge on any atom is -0.451 e. The lowest BCUT2D eigenvalue weighted by Gasteiger charge is -2.34. The highest BCUT2D eigenvalue weighted by Gasteiger charge is 2.78. The molecule has 0 spiro atoms. The molecule has 144 valence electrons. The number of nitrogens with zero attached hydrogens (tertiary/aromatic N) is 1. The van der Waals surface area contributed by atoms with Gasteiger partial charge in [0.05, 0.1) is 0 Å². The zero-order chi connectivity index (χ0) is 20.3. The van der Waals surface area contributed by atoms with Crippen LogP contribution in [0, 0.1) is 11.6 Å². The lowest BCUT2D eigenvalue weighted by Crippen LogP contribution is -2.68. The molecule has 7 nitrogen and oxygen atoms in total. The molecule has 1 aromatic carbocycles. The summed E-state index contributed by atoms with van der Waals surface area (Å²) in [5.74, 6) is -8.20. The standard InChI is InChI=1S/C13H12F5NO6Si/c1-7(20)23-26(24-8(2)21,25-9(3)22)13(16,17)19(18)11-6-4-5-10(14)12(11)15/h4-6H,1-3H3. The molecule has 0 atom stereocenters. The monoisotopic (exact) mass is 401 g/mol. The van der Waals surface area contributed by atoms with Crippen LogP contribution in [0.3, 0.4) is 0 Å². The molecule has 0 aliphatic carbocycles. The number of rotatable bonds is 6. The Morgan fingerprint density at radius 2 is 1.38 bits per heavy atom. The molecule has 0 N–H and O–H groups in total. The normalized spacial score (nSPS) is 11.5. The number of halogens is 5. The second-order valence-electron chi connectivity index (χ2n) is 4.73. The van der Waals surface area contributed by atoms with Crippen LogP contribution in [0.25, 0.3) is 0 Å². The number of carbonyl (C=O) groups is 3. The van der Waals surface area contributed by atoms with Gasteiger partial charge in [0.15, 0.2) is 11.6 Å². The maximum atomic E-state index is 14.7. The van der Waals surface area contributed by atoms with Crippen LogP contribution in [0.5, 0.6) is 0 Å². The fourth-order valence-corrected chi connectivity index (χ4v) is 3.72. The number of hydrogen-bond acceptors (Lipinski definition) is 7. The van der Waals surface area contributed by atoms with Crippen molar-refractivity contribution in [3.05, 3.63) is 29.8 Å². The minimum atomic E-state index is -6.12. The summed E-state index contributed by atoms with van der Waals surface area (Å²) < 4.78 is 83.2. The van der Waals surface area contributed by atoms with Crippen LogP contribution < -0.4 is 5.12 Å². The van der Waals surface area contributed by atoms with Crippen LogP contribution >= 0.6 is 0 Å². The van der Waals surface area contributed by atoms with Crippen molar-refractivity contribution in [3.8, 4) is 0 Å². The summed E-state index contributed by atoms with van der Waals surface area (Å²) in [4.78, 5) is 33.5. The van der Waals surface area contributed by atoms with Gasteiger partial charge in [0.2, 0.25) is 0 Å². The largest absolute Gasteiger partial charge is 0.806 e. The van der Waals surface area contributed by atoms with Gasteiger partial charge in [-0.2, -0.15) is 8.78 Å². The number of alkyl halides is 2. The van der Waals surface area contributed by atoms with Gasteiger partial charge in [0, 0.05) is 20.8 Å². The lowest BCUT2D eigenvalue weighted by molar-refractivity contribution is -0.157. The Balaban J connectivity index is 3.57. The number of benzene rings is 1. The van der Waals surface area contributed by atoms with Gasteiger partial charge in [-0.25, -0.2) is 8.78 Å². The van der Waals surface area contributed by atoms with Crippen molar-refractivity contribution in [1.29, 1.82) is 0 Å². The Kier molecular flexibility index (Phi) is 6.30. The van der Waals surface area contributed by atoms with Gasteiger partial charge in [-0.05, 0) is 12.1 Å². The van der Waals surface area contributed by atoms with Crippen LogP contribution in [-0.4, -0.2) is 32.4 Å². The number of hydrogen-bond donors (Lipinski definition) is 0. The molecule has 26 heavy (non-hydrogen) atoms. The highest BCUT2D eigenvalue weighted by Crippen LogP contribution is 2.39. The van der Waals surface area contributed by atoms with E-state index in [4.69, 9.17) is 0 Å². The minimum absolute atomic E-state index is 0.431. The highest BCUT2D eigenvalue weighted by atomic mass is 28.4. The molecule has 0 amide bonds. The summed E-state index contributed by atoms with van der Waals surface area (Å²) in [5, 5.41) is -1.63. The van der Waals surface area contributed by atoms with E-state index in [1.54, 1.807) is 0 Å². The average molecular weight is 401 g/mol. The van der Waals surface area contributed by atoms with Crippen molar-refractivity contribution in [2.45, 2.75) is 26.4 Å². The summed E-state index contributed by atoms with van der Waals surface area (Å²) in [5.41, 5.74) is -6.79. The van der Waals surface area contributed by atoms with Crippen LogP contribution in [0.4, 0.5) is 27.7 Å². The summed E-state index contributed by atoms with van der Waals surface area (Å²) >= 11 is 0. The van der Waals surface area contributed by atoms with Crippen molar-refractivity contribution in [3.63, 3.8) is 0 Å². The third-order valence-electron chi connectivity index (χ3n) is 2.59. The fourth-order valence-electron chi connectivity index (χ4n) is 1.73. The Morgan fingerprint density at radius 3 is 1.77 bits per heavy atom. The maximum Gasteiger partial charge on any atom is 0.806 e. The van der Waals surface area contributed by atoms with Crippen LogP contribution in [0.1, 0.15) is 20.8 Å². The van der Waals surface area contributed by atoms with Crippen LogP contribution in [-0.2, 0) is 27.7 Å². The number of carbonyl (C=O) groups excluding carboxylic acids is 3. The van der Waals surface area contributed by atoms with E-state index < -0.39 is 54.8 Å². The molecule has 0 aromatic heterocycles. The quantitative estimate of drug-likeness (QED) is 0.313. The molecule has 1 aromatic rings. The second kappa shape index (κ2) is 7.68. The molecule has 0 saturated heterocycles. The van der Waals surface area contributed by atoms with Gasteiger partial charge in [0.25, 0.3) is 17.9 Å². The smallest absolute Gasteiger partial charge is 0.451 e. The summed E-state index contributed by atoms with van der Waals surface area (Å²) in [7, 11) is -6.12. The summed E-state index contributed by atoms with van der Waals surface area (Å²) in [6.45, 7) is 1.78. The van der Waals surface area contributed by atoms with Crippen molar-refractivity contribution < 1.29 is 49.7 Å². The van der Waals surface area contributed by atoms with E-state index in [1.165, 1.54) is 0 Å². The first-order valence-corrected chi connectivity index (χ1v) is 8.43. The van der Waals surface area contributed by atoms with Gasteiger partial charge in [-0.15, -0.1) is 5.12 Å². The molecule has 0 radical (unpaired) electrons. The van der Waals surface area contributed by atoms with Crippen molar-refractivity contribution in [1.82, 2.24) is 0 Å². The average Bonchev–Trinajstić information content (AvgIpc) is 2.46. The molecule has 0 aliphatic heterocycles.